The number of aromatic hydroxyl groups is 1. The van der Waals surface area contributed by atoms with Crippen LogP contribution < -0.4 is 10.6 Å². The zero-order valence-electron chi connectivity index (χ0n) is 11.3. The Kier molecular flexibility index (Phi) is 3.93. The Morgan fingerprint density at radius 1 is 1.45 bits per heavy atom. The van der Waals surface area contributed by atoms with E-state index in [1.807, 2.05) is 0 Å². The van der Waals surface area contributed by atoms with E-state index in [9.17, 15) is 14.7 Å². The summed E-state index contributed by atoms with van der Waals surface area (Å²) in [7, 11) is 0. The molecule has 1 aliphatic rings. The number of rotatable bonds is 3. The van der Waals surface area contributed by atoms with Crippen LogP contribution in [0.3, 0.4) is 0 Å². The molecule has 2 rings (SSSR count). The number of phenols is 1. The standard InChI is InChI=1S/C14H16N2O4/c1-3-20-13(18)11-8(2)15-14(19)16-12(11)9-5-4-6-10(17)7-9/h4-7,12,17H,3H2,1-2H3,(H2,15,16,19)/t12-/m1/s1. The van der Waals surface area contributed by atoms with Crippen molar-refractivity contribution in [3.8, 4) is 5.75 Å². The first-order valence-corrected chi connectivity index (χ1v) is 6.27. The van der Waals surface area contributed by atoms with Gasteiger partial charge in [0.05, 0.1) is 18.2 Å². The molecule has 0 unspecified atom stereocenters. The normalized spacial score (nSPS) is 18.3. The van der Waals surface area contributed by atoms with Gasteiger partial charge in [0.25, 0.3) is 0 Å². The number of carbonyl (C=O) groups excluding carboxylic acids is 2. The third-order valence-electron chi connectivity index (χ3n) is 2.97. The molecule has 106 valence electrons. The Hall–Kier alpha value is -2.50. The third kappa shape index (κ3) is 2.74. The fourth-order valence-corrected chi connectivity index (χ4v) is 2.13. The molecule has 1 aliphatic heterocycles. The second-order valence-electron chi connectivity index (χ2n) is 4.39. The van der Waals surface area contributed by atoms with E-state index < -0.39 is 18.0 Å². The first kappa shape index (κ1) is 13.9. The summed E-state index contributed by atoms with van der Waals surface area (Å²) < 4.78 is 5.02. The van der Waals surface area contributed by atoms with Gasteiger partial charge in [0, 0.05) is 5.70 Å². The van der Waals surface area contributed by atoms with E-state index in [1.54, 1.807) is 26.0 Å². The Morgan fingerprint density at radius 3 is 2.85 bits per heavy atom. The maximum absolute atomic E-state index is 12.0. The number of allylic oxidation sites excluding steroid dienone is 1. The molecule has 0 aromatic heterocycles. The molecule has 0 fully saturated rings. The molecule has 2 amide bonds. The minimum Gasteiger partial charge on any atom is -0.508 e. The lowest BCUT2D eigenvalue weighted by Crippen LogP contribution is -2.45. The van der Waals surface area contributed by atoms with Crippen molar-refractivity contribution >= 4 is 12.0 Å². The maximum atomic E-state index is 12.0. The van der Waals surface area contributed by atoms with E-state index in [-0.39, 0.29) is 12.4 Å². The van der Waals surface area contributed by atoms with Crippen molar-refractivity contribution in [2.24, 2.45) is 0 Å². The summed E-state index contributed by atoms with van der Waals surface area (Å²) in [5.74, 6) is -0.429. The number of nitrogens with one attached hydrogen (secondary N) is 2. The summed E-state index contributed by atoms with van der Waals surface area (Å²) in [4.78, 5) is 23.6. The Balaban J connectivity index is 2.44. The highest BCUT2D eigenvalue weighted by atomic mass is 16.5. The average Bonchev–Trinajstić information content (AvgIpc) is 2.37. The van der Waals surface area contributed by atoms with Crippen LogP contribution in [-0.4, -0.2) is 23.7 Å². The number of ether oxygens (including phenoxy) is 1. The van der Waals surface area contributed by atoms with Crippen LogP contribution in [-0.2, 0) is 9.53 Å². The molecule has 1 heterocycles. The lowest BCUT2D eigenvalue weighted by Gasteiger charge is -2.28. The molecule has 20 heavy (non-hydrogen) atoms. The van der Waals surface area contributed by atoms with E-state index in [1.165, 1.54) is 12.1 Å². The SMILES string of the molecule is CCOC(=O)C1=C(C)NC(=O)N[C@@H]1c1cccc(O)c1. The first-order chi connectivity index (χ1) is 9.52. The van der Waals surface area contributed by atoms with E-state index in [0.717, 1.165) is 0 Å². The zero-order chi connectivity index (χ0) is 14.7. The van der Waals surface area contributed by atoms with Gasteiger partial charge >= 0.3 is 12.0 Å². The van der Waals surface area contributed by atoms with Crippen LogP contribution in [0, 0.1) is 0 Å². The van der Waals surface area contributed by atoms with Crippen LogP contribution in [0.2, 0.25) is 0 Å². The van der Waals surface area contributed by atoms with Crippen LogP contribution in [0.4, 0.5) is 4.79 Å². The number of benzene rings is 1. The zero-order valence-corrected chi connectivity index (χ0v) is 11.3. The quantitative estimate of drug-likeness (QED) is 0.731. The highest BCUT2D eigenvalue weighted by Gasteiger charge is 2.32. The van der Waals surface area contributed by atoms with Crippen molar-refractivity contribution in [2.45, 2.75) is 19.9 Å². The van der Waals surface area contributed by atoms with E-state index in [4.69, 9.17) is 4.74 Å². The third-order valence-corrected chi connectivity index (χ3v) is 2.97. The van der Waals surface area contributed by atoms with Gasteiger partial charge in [-0.15, -0.1) is 0 Å². The number of carbonyl (C=O) groups is 2. The molecular weight excluding hydrogens is 260 g/mol. The minimum absolute atomic E-state index is 0.0659. The number of phenolic OH excluding ortho intramolecular Hbond substituents is 1. The van der Waals surface area contributed by atoms with Crippen molar-refractivity contribution in [3.05, 3.63) is 41.1 Å². The predicted octanol–water partition coefficient (Wildman–Crippen LogP) is 1.58. The highest BCUT2D eigenvalue weighted by Crippen LogP contribution is 2.29. The van der Waals surface area contributed by atoms with Crippen LogP contribution in [0.5, 0.6) is 5.75 Å². The Labute approximate surface area is 116 Å². The molecule has 3 N–H and O–H groups in total. The summed E-state index contributed by atoms with van der Waals surface area (Å²) in [6.45, 7) is 3.60. The van der Waals surface area contributed by atoms with Crippen molar-refractivity contribution in [1.82, 2.24) is 10.6 Å². The van der Waals surface area contributed by atoms with Gasteiger partial charge in [-0.05, 0) is 31.5 Å². The molecule has 6 heteroatoms. The molecule has 0 aliphatic carbocycles. The largest absolute Gasteiger partial charge is 0.508 e. The molecule has 1 aromatic rings. The molecule has 0 spiro atoms. The molecule has 1 aromatic carbocycles. The van der Waals surface area contributed by atoms with E-state index in [0.29, 0.717) is 16.8 Å². The van der Waals surface area contributed by atoms with Crippen LogP contribution in [0.25, 0.3) is 0 Å². The van der Waals surface area contributed by atoms with Crippen molar-refractivity contribution < 1.29 is 19.4 Å². The summed E-state index contributed by atoms with van der Waals surface area (Å²) >= 11 is 0. The molecule has 0 radical (unpaired) electrons. The summed E-state index contributed by atoms with van der Waals surface area (Å²) in [6, 6.07) is 5.36. The summed E-state index contributed by atoms with van der Waals surface area (Å²) in [6.07, 6.45) is 0. The first-order valence-electron chi connectivity index (χ1n) is 6.27. The van der Waals surface area contributed by atoms with Gasteiger partial charge in [-0.1, -0.05) is 12.1 Å². The van der Waals surface area contributed by atoms with Gasteiger partial charge in [-0.2, -0.15) is 0 Å². The smallest absolute Gasteiger partial charge is 0.338 e. The molecular formula is C14H16N2O4. The fourth-order valence-electron chi connectivity index (χ4n) is 2.13. The highest BCUT2D eigenvalue weighted by molar-refractivity contribution is 5.95. The fraction of sp³-hybridized carbons (Fsp3) is 0.286. The Bertz CT molecular complexity index is 580. The van der Waals surface area contributed by atoms with Crippen LogP contribution >= 0.6 is 0 Å². The van der Waals surface area contributed by atoms with E-state index in [2.05, 4.69) is 10.6 Å². The number of hydrogen-bond donors (Lipinski definition) is 3. The van der Waals surface area contributed by atoms with Gasteiger partial charge < -0.3 is 20.5 Å². The van der Waals surface area contributed by atoms with Gasteiger partial charge in [-0.25, -0.2) is 9.59 Å². The number of urea groups is 1. The van der Waals surface area contributed by atoms with Crippen molar-refractivity contribution in [3.63, 3.8) is 0 Å². The van der Waals surface area contributed by atoms with Crippen molar-refractivity contribution in [1.29, 1.82) is 0 Å². The topological polar surface area (TPSA) is 87.7 Å². The van der Waals surface area contributed by atoms with Crippen LogP contribution in [0.1, 0.15) is 25.5 Å². The minimum atomic E-state index is -0.644. The molecule has 0 saturated carbocycles. The molecule has 1 atom stereocenters. The second-order valence-corrected chi connectivity index (χ2v) is 4.39. The molecule has 6 nitrogen and oxygen atoms in total. The van der Waals surface area contributed by atoms with Gasteiger partial charge in [0.15, 0.2) is 0 Å². The van der Waals surface area contributed by atoms with E-state index >= 15 is 0 Å². The van der Waals surface area contributed by atoms with Crippen molar-refractivity contribution in [2.75, 3.05) is 6.61 Å². The molecule has 0 saturated heterocycles. The lowest BCUT2D eigenvalue weighted by atomic mass is 9.95. The predicted molar refractivity (Wildman–Crippen MR) is 71.8 cm³/mol. The maximum Gasteiger partial charge on any atom is 0.338 e. The summed E-state index contributed by atoms with van der Waals surface area (Å²) in [5.41, 5.74) is 1.39. The lowest BCUT2D eigenvalue weighted by molar-refractivity contribution is -0.139. The summed E-state index contributed by atoms with van der Waals surface area (Å²) in [5, 5.41) is 14.8. The average molecular weight is 276 g/mol. The number of hydrogen-bond acceptors (Lipinski definition) is 4. The number of esters is 1. The second kappa shape index (κ2) is 5.64. The monoisotopic (exact) mass is 276 g/mol. The van der Waals surface area contributed by atoms with Gasteiger partial charge in [-0.3, -0.25) is 0 Å². The van der Waals surface area contributed by atoms with Gasteiger partial charge in [0.1, 0.15) is 5.75 Å². The molecule has 0 bridgehead atoms. The van der Waals surface area contributed by atoms with Crippen LogP contribution in [0.15, 0.2) is 35.5 Å². The Morgan fingerprint density at radius 2 is 2.20 bits per heavy atom. The number of amides is 2. The van der Waals surface area contributed by atoms with Gasteiger partial charge in [0.2, 0.25) is 0 Å².